The molecular weight excluding hydrogens is 180 g/mol. The van der Waals surface area contributed by atoms with Crippen molar-refractivity contribution in [1.29, 1.82) is 0 Å². The van der Waals surface area contributed by atoms with E-state index in [-0.39, 0.29) is 0 Å². The van der Waals surface area contributed by atoms with Crippen molar-refractivity contribution in [2.45, 2.75) is 36.9 Å². The first kappa shape index (κ1) is 7.26. The molecule has 1 aliphatic rings. The van der Waals surface area contributed by atoms with E-state index in [2.05, 4.69) is 15.9 Å². The zero-order valence-electron chi connectivity index (χ0n) is 5.40. The molecule has 2 heteroatoms. The smallest absolute Gasteiger partial charge is 0.134 e. The lowest BCUT2D eigenvalue weighted by Crippen LogP contribution is -2.02. The van der Waals surface area contributed by atoms with E-state index < -0.39 is 0 Å². The topological polar surface area (TPSA) is 17.1 Å². The molecule has 0 heterocycles. The quantitative estimate of drug-likeness (QED) is 0.424. The predicted octanol–water partition coefficient (Wildman–Crippen LogP) is 2.28. The van der Waals surface area contributed by atoms with Crippen molar-refractivity contribution in [1.82, 2.24) is 0 Å². The molecule has 9 heavy (non-hydrogen) atoms. The lowest BCUT2D eigenvalue weighted by atomic mass is 10.2. The third-order valence-electron chi connectivity index (χ3n) is 1.67. The van der Waals surface area contributed by atoms with E-state index in [9.17, 15) is 4.79 Å². The summed E-state index contributed by atoms with van der Waals surface area (Å²) in [6.07, 6.45) is 5.04. The average Bonchev–Trinajstić information content (AvgIpc) is 1.93. The molecule has 0 amide bonds. The highest BCUT2D eigenvalue weighted by Gasteiger charge is 2.13. The standard InChI is InChI=1S/C7H11BrO/c8-6-3-1-2-4-7(9)5-6/h6H,1-5H2. The van der Waals surface area contributed by atoms with Gasteiger partial charge in [-0.25, -0.2) is 0 Å². The lowest BCUT2D eigenvalue weighted by molar-refractivity contribution is -0.118. The molecule has 0 saturated heterocycles. The van der Waals surface area contributed by atoms with Crippen LogP contribution in [0, 0.1) is 0 Å². The van der Waals surface area contributed by atoms with Gasteiger partial charge in [-0.2, -0.15) is 0 Å². The third kappa shape index (κ3) is 2.48. The van der Waals surface area contributed by atoms with Crippen molar-refractivity contribution in [2.75, 3.05) is 0 Å². The molecule has 0 spiro atoms. The number of Topliss-reactive ketones (excluding diaryl/α,β-unsaturated/α-hetero) is 1. The summed E-state index contributed by atoms with van der Waals surface area (Å²) in [5, 5.41) is 0. The molecule has 0 aromatic heterocycles. The van der Waals surface area contributed by atoms with Crippen molar-refractivity contribution >= 4 is 21.7 Å². The van der Waals surface area contributed by atoms with E-state index >= 15 is 0 Å². The fraction of sp³-hybridized carbons (Fsp3) is 0.857. The van der Waals surface area contributed by atoms with Crippen LogP contribution in [-0.2, 0) is 4.79 Å². The zero-order chi connectivity index (χ0) is 6.69. The molecule has 1 atom stereocenters. The third-order valence-corrected chi connectivity index (χ3v) is 2.45. The van der Waals surface area contributed by atoms with Crippen LogP contribution < -0.4 is 0 Å². The molecule has 1 nitrogen and oxygen atoms in total. The number of ketones is 1. The first-order valence-electron chi connectivity index (χ1n) is 3.45. The molecule has 1 rings (SSSR count). The Morgan fingerprint density at radius 2 is 2.22 bits per heavy atom. The maximum atomic E-state index is 10.9. The monoisotopic (exact) mass is 190 g/mol. The van der Waals surface area contributed by atoms with Crippen LogP contribution in [0.2, 0.25) is 0 Å². The normalized spacial score (nSPS) is 29.9. The summed E-state index contributed by atoms with van der Waals surface area (Å²) in [6, 6.07) is 0. The molecule has 52 valence electrons. The van der Waals surface area contributed by atoms with Gasteiger partial charge in [0.05, 0.1) is 0 Å². The number of hydrogen-bond donors (Lipinski definition) is 0. The Bertz CT molecular complexity index is 111. The minimum Gasteiger partial charge on any atom is -0.300 e. The fourth-order valence-electron chi connectivity index (χ4n) is 1.14. The first-order chi connectivity index (χ1) is 4.29. The van der Waals surface area contributed by atoms with Gasteiger partial charge in [0, 0.05) is 17.7 Å². The van der Waals surface area contributed by atoms with E-state index in [1.165, 1.54) is 12.8 Å². The summed E-state index contributed by atoms with van der Waals surface area (Å²) >= 11 is 3.46. The molecule has 0 radical (unpaired) electrons. The van der Waals surface area contributed by atoms with Crippen LogP contribution in [0.25, 0.3) is 0 Å². The molecule has 1 unspecified atom stereocenters. The summed E-state index contributed by atoms with van der Waals surface area (Å²) in [5.74, 6) is 0.425. The molecule has 0 N–H and O–H groups in total. The Morgan fingerprint density at radius 1 is 1.44 bits per heavy atom. The number of alkyl halides is 1. The Morgan fingerprint density at radius 3 is 3.00 bits per heavy atom. The number of halogens is 1. The minimum absolute atomic E-state index is 0.425. The summed E-state index contributed by atoms with van der Waals surface area (Å²) in [6.45, 7) is 0. The van der Waals surface area contributed by atoms with Gasteiger partial charge in [0.2, 0.25) is 0 Å². The molecular formula is C7H11BrO. The van der Waals surface area contributed by atoms with Crippen molar-refractivity contribution in [3.63, 3.8) is 0 Å². The lowest BCUT2D eigenvalue weighted by Gasteiger charge is -1.99. The Hall–Kier alpha value is 0.150. The van der Waals surface area contributed by atoms with Gasteiger partial charge < -0.3 is 0 Å². The van der Waals surface area contributed by atoms with Crippen molar-refractivity contribution < 1.29 is 4.79 Å². The van der Waals surface area contributed by atoms with Gasteiger partial charge in [-0.3, -0.25) is 4.79 Å². The molecule has 1 saturated carbocycles. The Kier molecular flexibility index (Phi) is 2.70. The average molecular weight is 191 g/mol. The van der Waals surface area contributed by atoms with Gasteiger partial charge >= 0.3 is 0 Å². The molecule has 0 bridgehead atoms. The first-order valence-corrected chi connectivity index (χ1v) is 4.36. The van der Waals surface area contributed by atoms with Crippen molar-refractivity contribution in [2.24, 2.45) is 0 Å². The van der Waals surface area contributed by atoms with Crippen LogP contribution in [0.4, 0.5) is 0 Å². The van der Waals surface area contributed by atoms with Gasteiger partial charge in [-0.15, -0.1) is 0 Å². The van der Waals surface area contributed by atoms with Crippen LogP contribution in [-0.4, -0.2) is 10.6 Å². The van der Waals surface area contributed by atoms with Crippen LogP contribution in [0.1, 0.15) is 32.1 Å². The zero-order valence-corrected chi connectivity index (χ0v) is 6.99. The second-order valence-electron chi connectivity index (χ2n) is 2.59. The van der Waals surface area contributed by atoms with E-state index in [1.807, 2.05) is 0 Å². The highest BCUT2D eigenvalue weighted by atomic mass is 79.9. The van der Waals surface area contributed by atoms with E-state index in [1.54, 1.807) is 0 Å². The number of hydrogen-bond acceptors (Lipinski definition) is 1. The maximum Gasteiger partial charge on any atom is 0.134 e. The van der Waals surface area contributed by atoms with E-state index in [0.717, 1.165) is 19.3 Å². The number of carbonyl (C=O) groups is 1. The SMILES string of the molecule is O=C1CCCCC(Br)C1. The summed E-state index contributed by atoms with van der Waals surface area (Å²) in [4.78, 5) is 11.3. The second kappa shape index (κ2) is 3.35. The second-order valence-corrected chi connectivity index (χ2v) is 3.88. The summed E-state index contributed by atoms with van der Waals surface area (Å²) in [7, 11) is 0. The van der Waals surface area contributed by atoms with Gasteiger partial charge in [0.15, 0.2) is 0 Å². The van der Waals surface area contributed by atoms with E-state index in [0.29, 0.717) is 10.6 Å². The number of carbonyl (C=O) groups excluding carboxylic acids is 1. The molecule has 0 aromatic carbocycles. The number of rotatable bonds is 0. The van der Waals surface area contributed by atoms with Crippen molar-refractivity contribution in [3.8, 4) is 0 Å². The van der Waals surface area contributed by atoms with Crippen LogP contribution in [0.15, 0.2) is 0 Å². The Balaban J connectivity index is 2.37. The van der Waals surface area contributed by atoms with Crippen molar-refractivity contribution in [3.05, 3.63) is 0 Å². The Labute approximate surface area is 64.0 Å². The highest BCUT2D eigenvalue weighted by Crippen LogP contribution is 2.20. The van der Waals surface area contributed by atoms with Gasteiger partial charge in [-0.1, -0.05) is 22.4 Å². The van der Waals surface area contributed by atoms with Gasteiger partial charge in [-0.05, 0) is 12.8 Å². The predicted molar refractivity (Wildman–Crippen MR) is 40.8 cm³/mol. The van der Waals surface area contributed by atoms with Crippen LogP contribution >= 0.6 is 15.9 Å². The molecule has 0 aromatic rings. The molecule has 0 aliphatic heterocycles. The molecule has 1 fully saturated rings. The van der Waals surface area contributed by atoms with Gasteiger partial charge in [0.25, 0.3) is 0 Å². The molecule has 1 aliphatic carbocycles. The van der Waals surface area contributed by atoms with Crippen LogP contribution in [0.5, 0.6) is 0 Å². The minimum atomic E-state index is 0.425. The van der Waals surface area contributed by atoms with E-state index in [4.69, 9.17) is 0 Å². The fourth-order valence-corrected chi connectivity index (χ4v) is 1.82. The highest BCUT2D eigenvalue weighted by molar-refractivity contribution is 9.09. The maximum absolute atomic E-state index is 10.9. The largest absolute Gasteiger partial charge is 0.300 e. The van der Waals surface area contributed by atoms with Gasteiger partial charge in [0.1, 0.15) is 5.78 Å². The summed E-state index contributed by atoms with van der Waals surface area (Å²) in [5.41, 5.74) is 0. The van der Waals surface area contributed by atoms with Crippen LogP contribution in [0.3, 0.4) is 0 Å². The summed E-state index contributed by atoms with van der Waals surface area (Å²) < 4.78 is 0.